The quantitative estimate of drug-likeness (QED) is 0.846. The van der Waals surface area contributed by atoms with E-state index in [1.807, 2.05) is 0 Å². The van der Waals surface area contributed by atoms with Gasteiger partial charge in [0, 0.05) is 23.9 Å². The minimum Gasteiger partial charge on any atom is -0.451 e. The zero-order valence-electron chi connectivity index (χ0n) is 9.45. The first-order valence-corrected chi connectivity index (χ1v) is 5.13. The van der Waals surface area contributed by atoms with Crippen LogP contribution in [0.15, 0.2) is 30.3 Å². The Bertz CT molecular complexity index is 657. The Morgan fingerprint density at radius 3 is 2.16 bits per heavy atom. The van der Waals surface area contributed by atoms with Crippen LogP contribution in [0.25, 0.3) is 0 Å². The number of halogens is 3. The van der Waals surface area contributed by atoms with Crippen LogP contribution in [-0.4, -0.2) is 0 Å². The van der Waals surface area contributed by atoms with Crippen LogP contribution in [-0.2, 0) is 0 Å². The minimum absolute atomic E-state index is 0.0895. The number of nitriles is 1. The van der Waals surface area contributed by atoms with Crippen LogP contribution < -0.4 is 10.5 Å². The summed E-state index contributed by atoms with van der Waals surface area (Å²) in [5.41, 5.74) is 4.97. The molecule has 2 rings (SSSR count). The number of ether oxygens (including phenoxy) is 1. The van der Waals surface area contributed by atoms with E-state index in [0.29, 0.717) is 0 Å². The second kappa shape index (κ2) is 4.90. The fourth-order valence-corrected chi connectivity index (χ4v) is 1.44. The normalized spacial score (nSPS) is 10.0. The van der Waals surface area contributed by atoms with Crippen molar-refractivity contribution in [3.05, 3.63) is 53.3 Å². The first-order valence-electron chi connectivity index (χ1n) is 5.13. The van der Waals surface area contributed by atoms with Gasteiger partial charge in [0.15, 0.2) is 17.4 Å². The van der Waals surface area contributed by atoms with Crippen LogP contribution in [0.3, 0.4) is 0 Å². The van der Waals surface area contributed by atoms with Gasteiger partial charge in [0.05, 0.1) is 5.56 Å². The predicted octanol–water partition coefficient (Wildman–Crippen LogP) is 3.35. The summed E-state index contributed by atoms with van der Waals surface area (Å²) >= 11 is 0. The summed E-state index contributed by atoms with van der Waals surface area (Å²) in [4.78, 5) is 0. The Kier molecular flexibility index (Phi) is 3.29. The largest absolute Gasteiger partial charge is 0.451 e. The number of hydrogen-bond donors (Lipinski definition) is 1. The summed E-state index contributed by atoms with van der Waals surface area (Å²) in [7, 11) is 0. The van der Waals surface area contributed by atoms with Gasteiger partial charge in [-0.1, -0.05) is 0 Å². The topological polar surface area (TPSA) is 59.0 Å². The van der Waals surface area contributed by atoms with Crippen molar-refractivity contribution in [2.45, 2.75) is 0 Å². The zero-order chi connectivity index (χ0) is 14.0. The van der Waals surface area contributed by atoms with Gasteiger partial charge in [-0.05, 0) is 12.1 Å². The van der Waals surface area contributed by atoms with E-state index >= 15 is 0 Å². The molecule has 19 heavy (non-hydrogen) atoms. The lowest BCUT2D eigenvalue weighted by Gasteiger charge is -2.09. The molecule has 0 saturated heterocycles. The minimum atomic E-state index is -0.998. The Morgan fingerprint density at radius 1 is 1.00 bits per heavy atom. The first kappa shape index (κ1) is 12.8. The second-order valence-electron chi connectivity index (χ2n) is 3.67. The lowest BCUT2D eigenvalue weighted by Crippen LogP contribution is -1.96. The molecule has 0 aliphatic rings. The third kappa shape index (κ3) is 2.60. The molecule has 0 amide bonds. The molecule has 0 bridgehead atoms. The van der Waals surface area contributed by atoms with Crippen LogP contribution >= 0.6 is 0 Å². The molecule has 0 spiro atoms. The molecular weight excluding hydrogens is 257 g/mol. The highest BCUT2D eigenvalue weighted by Crippen LogP contribution is 2.30. The molecule has 0 fully saturated rings. The molecular formula is C13H7F3N2O. The molecule has 2 aromatic carbocycles. The summed E-state index contributed by atoms with van der Waals surface area (Å²) in [5.74, 6) is -3.64. The maximum absolute atomic E-state index is 13.5. The number of benzene rings is 2. The van der Waals surface area contributed by atoms with Gasteiger partial charge in [-0.25, -0.2) is 13.2 Å². The van der Waals surface area contributed by atoms with Crippen molar-refractivity contribution in [2.75, 3.05) is 5.73 Å². The van der Waals surface area contributed by atoms with Crippen LogP contribution in [0.2, 0.25) is 0 Å². The van der Waals surface area contributed by atoms with Crippen LogP contribution in [0.4, 0.5) is 18.9 Å². The molecule has 0 unspecified atom stereocenters. The third-order valence-corrected chi connectivity index (χ3v) is 2.30. The highest BCUT2D eigenvalue weighted by Gasteiger charge is 2.14. The highest BCUT2D eigenvalue weighted by molar-refractivity contribution is 5.46. The van der Waals surface area contributed by atoms with Crippen molar-refractivity contribution in [3.63, 3.8) is 0 Å². The maximum atomic E-state index is 13.5. The van der Waals surface area contributed by atoms with E-state index < -0.39 is 23.2 Å². The van der Waals surface area contributed by atoms with Crippen molar-refractivity contribution in [1.82, 2.24) is 0 Å². The Labute approximate surface area is 106 Å². The number of nitrogens with two attached hydrogens (primary N) is 1. The highest BCUT2D eigenvalue weighted by atomic mass is 19.1. The van der Waals surface area contributed by atoms with E-state index in [1.165, 1.54) is 6.07 Å². The molecule has 0 atom stereocenters. The molecule has 2 N–H and O–H groups in total. The standard InChI is InChI=1S/C13H7F3N2O/c14-10-5-9(2-1-7(10)6-17)19-13-11(15)3-8(18)4-12(13)16/h1-5H,18H2. The van der Waals surface area contributed by atoms with Crippen molar-refractivity contribution in [2.24, 2.45) is 0 Å². The summed E-state index contributed by atoms with van der Waals surface area (Å²) in [6.07, 6.45) is 0. The van der Waals surface area contributed by atoms with Gasteiger partial charge in [-0.2, -0.15) is 5.26 Å². The number of anilines is 1. The third-order valence-electron chi connectivity index (χ3n) is 2.30. The molecule has 0 aromatic heterocycles. The van der Waals surface area contributed by atoms with Gasteiger partial charge in [-0.3, -0.25) is 0 Å². The molecule has 96 valence electrons. The van der Waals surface area contributed by atoms with Gasteiger partial charge in [0.2, 0.25) is 0 Å². The van der Waals surface area contributed by atoms with Gasteiger partial charge in [0.1, 0.15) is 17.6 Å². The van der Waals surface area contributed by atoms with Gasteiger partial charge in [-0.15, -0.1) is 0 Å². The summed E-state index contributed by atoms with van der Waals surface area (Å²) in [6, 6.07) is 6.65. The lowest BCUT2D eigenvalue weighted by atomic mass is 10.2. The van der Waals surface area contributed by atoms with E-state index in [1.54, 1.807) is 6.07 Å². The number of nitrogens with zero attached hydrogens (tertiary/aromatic N) is 1. The first-order chi connectivity index (χ1) is 9.01. The van der Waals surface area contributed by atoms with Gasteiger partial charge < -0.3 is 10.5 Å². The van der Waals surface area contributed by atoms with E-state index in [9.17, 15) is 13.2 Å². The van der Waals surface area contributed by atoms with E-state index in [4.69, 9.17) is 15.7 Å². The molecule has 0 heterocycles. The van der Waals surface area contributed by atoms with Crippen LogP contribution in [0.1, 0.15) is 5.56 Å². The van der Waals surface area contributed by atoms with E-state index in [2.05, 4.69) is 0 Å². The number of hydrogen-bond acceptors (Lipinski definition) is 3. The Morgan fingerprint density at radius 2 is 1.63 bits per heavy atom. The van der Waals surface area contributed by atoms with Crippen molar-refractivity contribution in [3.8, 4) is 17.6 Å². The fraction of sp³-hybridized carbons (Fsp3) is 0. The average molecular weight is 264 g/mol. The second-order valence-corrected chi connectivity index (χ2v) is 3.67. The summed E-state index contributed by atoms with van der Waals surface area (Å²) < 4.78 is 45.1. The monoisotopic (exact) mass is 264 g/mol. The van der Waals surface area contributed by atoms with Gasteiger partial charge >= 0.3 is 0 Å². The van der Waals surface area contributed by atoms with E-state index in [0.717, 1.165) is 24.3 Å². The van der Waals surface area contributed by atoms with Crippen molar-refractivity contribution in [1.29, 1.82) is 5.26 Å². The fourth-order valence-electron chi connectivity index (χ4n) is 1.44. The SMILES string of the molecule is N#Cc1ccc(Oc2c(F)cc(N)cc2F)cc1F. The van der Waals surface area contributed by atoms with E-state index in [-0.39, 0.29) is 17.0 Å². The Hall–Kier alpha value is -2.68. The van der Waals surface area contributed by atoms with Crippen LogP contribution in [0.5, 0.6) is 11.5 Å². The van der Waals surface area contributed by atoms with Crippen molar-refractivity contribution < 1.29 is 17.9 Å². The molecule has 6 heteroatoms. The molecule has 0 aliphatic carbocycles. The van der Waals surface area contributed by atoms with Crippen molar-refractivity contribution >= 4 is 5.69 Å². The summed E-state index contributed by atoms with van der Waals surface area (Å²) in [5, 5.41) is 8.55. The molecule has 3 nitrogen and oxygen atoms in total. The Balaban J connectivity index is 2.37. The maximum Gasteiger partial charge on any atom is 0.198 e. The average Bonchev–Trinajstić information content (AvgIpc) is 2.34. The number of nitrogen functional groups attached to an aromatic ring is 1. The predicted molar refractivity (Wildman–Crippen MR) is 62.0 cm³/mol. The van der Waals surface area contributed by atoms with Gasteiger partial charge in [0.25, 0.3) is 0 Å². The zero-order valence-corrected chi connectivity index (χ0v) is 9.45. The lowest BCUT2D eigenvalue weighted by molar-refractivity contribution is 0.405. The molecule has 0 aliphatic heterocycles. The molecule has 0 saturated carbocycles. The molecule has 2 aromatic rings. The smallest absolute Gasteiger partial charge is 0.198 e. The van der Waals surface area contributed by atoms with Crippen LogP contribution in [0, 0.1) is 28.8 Å². The number of rotatable bonds is 2. The summed E-state index contributed by atoms with van der Waals surface area (Å²) in [6.45, 7) is 0. The molecule has 0 radical (unpaired) electrons.